The van der Waals surface area contributed by atoms with Crippen LogP contribution in [0.1, 0.15) is 13.3 Å². The lowest BCUT2D eigenvalue weighted by atomic mass is 9.95. The van der Waals surface area contributed by atoms with E-state index < -0.39 is 17.7 Å². The Morgan fingerprint density at radius 1 is 1.80 bits per heavy atom. The van der Waals surface area contributed by atoms with Gasteiger partial charge in [-0.25, -0.2) is 4.79 Å². The van der Waals surface area contributed by atoms with Gasteiger partial charge in [-0.2, -0.15) is 0 Å². The average Bonchev–Trinajstić information content (AvgIpc) is 2.93. The number of aliphatic hydroxyl groups excluding tert-OH is 1. The summed E-state index contributed by atoms with van der Waals surface area (Å²) in [6.07, 6.45) is 2.39. The van der Waals surface area contributed by atoms with Gasteiger partial charge in [-0.05, 0) is 13.0 Å². The Morgan fingerprint density at radius 3 is 2.80 bits per heavy atom. The zero-order valence-electron chi connectivity index (χ0n) is 9.03. The molecule has 0 amide bonds. The molecule has 1 rings (SSSR count). The number of epoxide rings is 1. The summed E-state index contributed by atoms with van der Waals surface area (Å²) in [5.74, 6) is -0.486. The van der Waals surface area contributed by atoms with Gasteiger partial charge in [0.15, 0.2) is 0 Å². The maximum absolute atomic E-state index is 10.8. The van der Waals surface area contributed by atoms with E-state index in [9.17, 15) is 9.90 Å². The summed E-state index contributed by atoms with van der Waals surface area (Å²) in [5, 5.41) is 9.77. The quantitative estimate of drug-likeness (QED) is 0.317. The molecule has 1 saturated heterocycles. The van der Waals surface area contributed by atoms with Gasteiger partial charge in [0.05, 0.1) is 13.7 Å². The van der Waals surface area contributed by atoms with Gasteiger partial charge in [0.2, 0.25) is 0 Å². The number of carbonyl (C=O) groups excluding carboxylic acids is 1. The minimum absolute atomic E-state index is 0.486. The Morgan fingerprint density at radius 2 is 2.40 bits per heavy atom. The molecule has 1 aliphatic heterocycles. The first-order valence-electron chi connectivity index (χ1n) is 4.73. The second-order valence-electron chi connectivity index (χ2n) is 3.81. The van der Waals surface area contributed by atoms with Crippen LogP contribution in [-0.4, -0.2) is 36.5 Å². The Kier molecular flexibility index (Phi) is 3.66. The molecule has 0 unspecified atom stereocenters. The molecule has 0 aliphatic carbocycles. The zero-order valence-corrected chi connectivity index (χ0v) is 9.03. The highest BCUT2D eigenvalue weighted by Gasteiger charge is 2.49. The molecule has 0 saturated carbocycles. The molecule has 4 nitrogen and oxygen atoms in total. The molecule has 1 N–H and O–H groups in total. The summed E-state index contributed by atoms with van der Waals surface area (Å²) in [6.45, 7) is 6.14. The standard InChI is InChI=1S/C11H16O4/c1-8(2)6-11(7-15-11)9(12)4-5-10(13)14-3/h4-5,9,12H,1,6-7H2,2-3H3/t9-,11-/m1/s1. The third kappa shape index (κ3) is 3.18. The predicted molar refractivity (Wildman–Crippen MR) is 55.3 cm³/mol. The molecule has 1 aliphatic rings. The number of hydrogen-bond acceptors (Lipinski definition) is 4. The maximum atomic E-state index is 10.8. The largest absolute Gasteiger partial charge is 0.466 e. The Balaban J connectivity index is 2.53. The van der Waals surface area contributed by atoms with Crippen molar-refractivity contribution in [3.05, 3.63) is 24.3 Å². The Hall–Kier alpha value is -1.13. The number of hydrogen-bond donors (Lipinski definition) is 1. The predicted octanol–water partition coefficient (Wildman–Crippen LogP) is 0.812. The van der Waals surface area contributed by atoms with Crippen molar-refractivity contribution in [2.45, 2.75) is 25.0 Å². The summed E-state index contributed by atoms with van der Waals surface area (Å²) in [4.78, 5) is 10.8. The van der Waals surface area contributed by atoms with Crippen LogP contribution in [0.2, 0.25) is 0 Å². The van der Waals surface area contributed by atoms with Crippen molar-refractivity contribution in [2.24, 2.45) is 0 Å². The van der Waals surface area contributed by atoms with Crippen molar-refractivity contribution in [3.63, 3.8) is 0 Å². The number of aliphatic hydroxyl groups is 1. The van der Waals surface area contributed by atoms with E-state index in [-0.39, 0.29) is 0 Å². The van der Waals surface area contributed by atoms with Gasteiger partial charge in [0.1, 0.15) is 11.7 Å². The lowest BCUT2D eigenvalue weighted by Gasteiger charge is -2.15. The van der Waals surface area contributed by atoms with Crippen LogP contribution < -0.4 is 0 Å². The monoisotopic (exact) mass is 212 g/mol. The molecule has 0 aromatic carbocycles. The van der Waals surface area contributed by atoms with Crippen LogP contribution in [0.25, 0.3) is 0 Å². The van der Waals surface area contributed by atoms with Crippen LogP contribution in [0, 0.1) is 0 Å². The lowest BCUT2D eigenvalue weighted by Crippen LogP contribution is -2.28. The number of ether oxygens (including phenoxy) is 2. The fourth-order valence-corrected chi connectivity index (χ4v) is 1.39. The molecule has 1 fully saturated rings. The summed E-state index contributed by atoms with van der Waals surface area (Å²) in [6, 6.07) is 0. The minimum atomic E-state index is -0.798. The Labute approximate surface area is 89.2 Å². The van der Waals surface area contributed by atoms with Gasteiger partial charge in [-0.1, -0.05) is 5.57 Å². The summed E-state index contributed by atoms with van der Waals surface area (Å²) in [7, 11) is 1.29. The summed E-state index contributed by atoms with van der Waals surface area (Å²) >= 11 is 0. The number of methoxy groups -OCH3 is 1. The molecule has 0 aromatic heterocycles. The SMILES string of the molecule is C=C(C)C[C@]1([C@H](O)C=CC(=O)OC)CO1. The van der Waals surface area contributed by atoms with E-state index in [0.29, 0.717) is 13.0 Å². The van der Waals surface area contributed by atoms with E-state index in [0.717, 1.165) is 5.57 Å². The number of rotatable bonds is 5. The average molecular weight is 212 g/mol. The van der Waals surface area contributed by atoms with E-state index in [1.54, 1.807) is 0 Å². The van der Waals surface area contributed by atoms with E-state index in [1.165, 1.54) is 19.3 Å². The van der Waals surface area contributed by atoms with Crippen LogP contribution in [0.4, 0.5) is 0 Å². The highest BCUT2D eigenvalue weighted by Crippen LogP contribution is 2.37. The molecule has 4 heteroatoms. The second kappa shape index (κ2) is 4.59. The van der Waals surface area contributed by atoms with Crippen LogP contribution in [0.3, 0.4) is 0 Å². The Bertz CT molecular complexity index is 289. The minimum Gasteiger partial charge on any atom is -0.466 e. The van der Waals surface area contributed by atoms with E-state index in [4.69, 9.17) is 4.74 Å². The first kappa shape index (κ1) is 11.9. The van der Waals surface area contributed by atoms with Gasteiger partial charge < -0.3 is 14.6 Å². The van der Waals surface area contributed by atoms with Crippen LogP contribution in [0.15, 0.2) is 24.3 Å². The fraction of sp³-hybridized carbons (Fsp3) is 0.545. The van der Waals surface area contributed by atoms with Crippen LogP contribution >= 0.6 is 0 Å². The van der Waals surface area contributed by atoms with Gasteiger partial charge in [-0.3, -0.25) is 0 Å². The molecule has 2 atom stereocenters. The first-order valence-corrected chi connectivity index (χ1v) is 4.73. The fourth-order valence-electron chi connectivity index (χ4n) is 1.39. The second-order valence-corrected chi connectivity index (χ2v) is 3.81. The molecule has 1 heterocycles. The highest BCUT2D eigenvalue weighted by atomic mass is 16.6. The normalized spacial score (nSPS) is 26.3. The van der Waals surface area contributed by atoms with Gasteiger partial charge in [-0.15, -0.1) is 6.58 Å². The van der Waals surface area contributed by atoms with Crippen LogP contribution in [0.5, 0.6) is 0 Å². The first-order chi connectivity index (χ1) is 7.00. The van der Waals surface area contributed by atoms with Crippen molar-refractivity contribution < 1.29 is 19.4 Å². The van der Waals surface area contributed by atoms with E-state index >= 15 is 0 Å². The third-order valence-corrected chi connectivity index (χ3v) is 2.27. The molecule has 15 heavy (non-hydrogen) atoms. The molecular formula is C11H16O4. The summed E-state index contributed by atoms with van der Waals surface area (Å²) < 4.78 is 9.64. The third-order valence-electron chi connectivity index (χ3n) is 2.27. The molecule has 0 spiro atoms. The molecule has 0 bridgehead atoms. The van der Waals surface area contributed by atoms with Crippen molar-refractivity contribution in [1.82, 2.24) is 0 Å². The summed E-state index contributed by atoms with van der Waals surface area (Å²) in [5.41, 5.74) is 0.370. The van der Waals surface area contributed by atoms with E-state index in [2.05, 4.69) is 11.3 Å². The number of carbonyl (C=O) groups is 1. The number of esters is 1. The molecule has 84 valence electrons. The lowest BCUT2D eigenvalue weighted by molar-refractivity contribution is -0.134. The van der Waals surface area contributed by atoms with E-state index in [1.807, 2.05) is 6.92 Å². The smallest absolute Gasteiger partial charge is 0.330 e. The molecule has 0 aromatic rings. The van der Waals surface area contributed by atoms with Crippen molar-refractivity contribution in [1.29, 1.82) is 0 Å². The van der Waals surface area contributed by atoms with Crippen LogP contribution in [-0.2, 0) is 14.3 Å². The van der Waals surface area contributed by atoms with Crippen molar-refractivity contribution in [2.75, 3.05) is 13.7 Å². The molecule has 0 radical (unpaired) electrons. The van der Waals surface area contributed by atoms with Gasteiger partial charge >= 0.3 is 5.97 Å². The van der Waals surface area contributed by atoms with Crippen molar-refractivity contribution in [3.8, 4) is 0 Å². The van der Waals surface area contributed by atoms with Crippen molar-refractivity contribution >= 4 is 5.97 Å². The van der Waals surface area contributed by atoms with Gasteiger partial charge in [0, 0.05) is 12.5 Å². The zero-order chi connectivity index (χ0) is 11.5. The molecular weight excluding hydrogens is 196 g/mol. The maximum Gasteiger partial charge on any atom is 0.330 e. The topological polar surface area (TPSA) is 59.1 Å². The highest BCUT2D eigenvalue weighted by molar-refractivity contribution is 5.81. The van der Waals surface area contributed by atoms with Gasteiger partial charge in [0.25, 0.3) is 0 Å².